The Morgan fingerprint density at radius 2 is 1.66 bits per heavy atom. The molecule has 7 heteroatoms. The Bertz CT molecular complexity index is 1240. The number of halogens is 1. The normalized spacial score (nSPS) is 11.5. The molecule has 0 saturated heterocycles. The highest BCUT2D eigenvalue weighted by Gasteiger charge is 2.32. The molecule has 0 aliphatic carbocycles. The van der Waals surface area contributed by atoms with Crippen LogP contribution in [0.1, 0.15) is 22.0 Å². The lowest BCUT2D eigenvalue weighted by Crippen LogP contribution is -2.44. The Hall–Kier alpha value is -3.97. The van der Waals surface area contributed by atoms with Crippen LogP contribution in [0.2, 0.25) is 0 Å². The fourth-order valence-corrected chi connectivity index (χ4v) is 4.46. The Balaban J connectivity index is 1.67. The van der Waals surface area contributed by atoms with Gasteiger partial charge in [-0.1, -0.05) is 48.5 Å². The number of anilines is 1. The average Bonchev–Trinajstić information content (AvgIpc) is 3.40. The van der Waals surface area contributed by atoms with E-state index < -0.39 is 11.9 Å². The maximum absolute atomic E-state index is 13.7. The van der Waals surface area contributed by atoms with Crippen LogP contribution in [-0.2, 0) is 22.6 Å². The number of carbonyl (C=O) groups excluding carboxylic acids is 2. The molecule has 0 unspecified atom stereocenters. The molecule has 178 valence electrons. The highest BCUT2D eigenvalue weighted by molar-refractivity contribution is 7.10. The lowest BCUT2D eigenvalue weighted by molar-refractivity contribution is -0.126. The van der Waals surface area contributed by atoms with E-state index in [1.807, 2.05) is 72.1 Å². The van der Waals surface area contributed by atoms with Crippen molar-refractivity contribution in [2.24, 2.45) is 0 Å². The molecule has 1 atom stereocenters. The third-order valence-electron chi connectivity index (χ3n) is 5.53. The van der Waals surface area contributed by atoms with E-state index in [4.69, 9.17) is 4.74 Å². The van der Waals surface area contributed by atoms with E-state index in [-0.39, 0.29) is 24.8 Å². The summed E-state index contributed by atoms with van der Waals surface area (Å²) in [6, 6.07) is 25.0. The average molecular weight is 489 g/mol. The van der Waals surface area contributed by atoms with Crippen molar-refractivity contribution in [2.75, 3.05) is 12.0 Å². The molecule has 5 nitrogen and oxygen atoms in total. The zero-order chi connectivity index (χ0) is 24.6. The van der Waals surface area contributed by atoms with E-state index >= 15 is 0 Å². The summed E-state index contributed by atoms with van der Waals surface area (Å²) < 4.78 is 18.9. The van der Waals surface area contributed by atoms with Gasteiger partial charge >= 0.3 is 0 Å². The summed E-state index contributed by atoms with van der Waals surface area (Å²) >= 11 is 1.47. The zero-order valence-corrected chi connectivity index (χ0v) is 20.0. The number of nitrogens with zero attached hydrogens (tertiary/aromatic N) is 1. The number of nitrogens with one attached hydrogen (secondary N) is 1. The van der Waals surface area contributed by atoms with Gasteiger partial charge in [0.1, 0.15) is 17.6 Å². The minimum atomic E-state index is -0.938. The Labute approximate surface area is 207 Å². The van der Waals surface area contributed by atoms with Crippen LogP contribution in [0, 0.1) is 5.82 Å². The number of carbonyl (C=O) groups is 2. The minimum Gasteiger partial charge on any atom is -0.497 e. The molecule has 1 aromatic heterocycles. The summed E-state index contributed by atoms with van der Waals surface area (Å²) in [5.41, 5.74) is 1.99. The summed E-state index contributed by atoms with van der Waals surface area (Å²) in [7, 11) is 1.60. The second-order valence-electron chi connectivity index (χ2n) is 7.88. The van der Waals surface area contributed by atoms with Gasteiger partial charge in [-0.3, -0.25) is 14.5 Å². The van der Waals surface area contributed by atoms with Gasteiger partial charge in [0, 0.05) is 17.1 Å². The number of thiophene rings is 1. The Kier molecular flexibility index (Phi) is 7.90. The van der Waals surface area contributed by atoms with Crippen LogP contribution in [0.15, 0.2) is 96.4 Å². The van der Waals surface area contributed by atoms with Gasteiger partial charge in [0.05, 0.1) is 13.5 Å². The fourth-order valence-electron chi connectivity index (χ4n) is 3.77. The number of methoxy groups -OCH3 is 1. The largest absolute Gasteiger partial charge is 0.497 e. The molecular weight excluding hydrogens is 463 g/mol. The highest BCUT2D eigenvalue weighted by atomic mass is 32.1. The monoisotopic (exact) mass is 488 g/mol. The van der Waals surface area contributed by atoms with E-state index in [1.54, 1.807) is 7.11 Å². The van der Waals surface area contributed by atoms with Crippen LogP contribution in [0.4, 0.5) is 10.1 Å². The van der Waals surface area contributed by atoms with Crippen molar-refractivity contribution < 1.29 is 18.7 Å². The summed E-state index contributed by atoms with van der Waals surface area (Å²) in [4.78, 5) is 29.6. The van der Waals surface area contributed by atoms with Crippen molar-refractivity contribution >= 4 is 28.8 Å². The second kappa shape index (κ2) is 11.4. The van der Waals surface area contributed by atoms with Gasteiger partial charge in [-0.2, -0.15) is 0 Å². The van der Waals surface area contributed by atoms with Crippen molar-refractivity contribution in [3.63, 3.8) is 0 Å². The molecule has 0 saturated carbocycles. The molecule has 1 heterocycles. The molecule has 0 radical (unpaired) electrons. The standard InChI is InChI=1S/C28H25FN2O3S/c1-34-24-15-9-20(10-16-24)19-30-28(33)27(21-6-3-2-4-7-21)31(23-13-11-22(29)12-14-23)26(32)18-25-8-5-17-35-25/h2-17,27H,18-19H2,1H3,(H,30,33)/t27-/m1/s1. The van der Waals surface area contributed by atoms with E-state index in [9.17, 15) is 14.0 Å². The number of ether oxygens (including phenoxy) is 1. The molecule has 1 N–H and O–H groups in total. The maximum atomic E-state index is 13.7. The van der Waals surface area contributed by atoms with Gasteiger partial charge in [0.25, 0.3) is 0 Å². The molecule has 0 bridgehead atoms. The number of hydrogen-bond acceptors (Lipinski definition) is 4. The van der Waals surface area contributed by atoms with Gasteiger partial charge in [-0.15, -0.1) is 11.3 Å². The van der Waals surface area contributed by atoms with Crippen LogP contribution >= 0.6 is 11.3 Å². The van der Waals surface area contributed by atoms with E-state index in [0.717, 1.165) is 16.2 Å². The molecule has 4 rings (SSSR count). The molecular formula is C28H25FN2O3S. The molecule has 0 aliphatic heterocycles. The smallest absolute Gasteiger partial charge is 0.248 e. The number of hydrogen-bond donors (Lipinski definition) is 1. The molecule has 0 fully saturated rings. The molecule has 3 aromatic carbocycles. The third kappa shape index (κ3) is 6.13. The van der Waals surface area contributed by atoms with Crippen LogP contribution in [0.25, 0.3) is 0 Å². The SMILES string of the molecule is COc1ccc(CNC(=O)[C@@H](c2ccccc2)N(C(=O)Cc2cccs2)c2ccc(F)cc2)cc1. The molecule has 2 amide bonds. The van der Waals surface area contributed by atoms with Gasteiger partial charge in [0.15, 0.2) is 0 Å². The minimum absolute atomic E-state index is 0.129. The highest BCUT2D eigenvalue weighted by Crippen LogP contribution is 2.29. The summed E-state index contributed by atoms with van der Waals surface area (Å²) in [6.45, 7) is 0.280. The summed E-state index contributed by atoms with van der Waals surface area (Å²) in [6.07, 6.45) is 0.129. The first-order valence-corrected chi connectivity index (χ1v) is 12.0. The third-order valence-corrected chi connectivity index (χ3v) is 6.40. The first-order valence-electron chi connectivity index (χ1n) is 11.1. The van der Waals surface area contributed by atoms with Crippen molar-refractivity contribution in [1.29, 1.82) is 0 Å². The lowest BCUT2D eigenvalue weighted by atomic mass is 10.0. The van der Waals surface area contributed by atoms with E-state index in [2.05, 4.69) is 5.32 Å². The molecule has 0 spiro atoms. The van der Waals surface area contributed by atoms with E-state index in [0.29, 0.717) is 11.3 Å². The lowest BCUT2D eigenvalue weighted by Gasteiger charge is -2.31. The molecule has 35 heavy (non-hydrogen) atoms. The van der Waals surface area contributed by atoms with Crippen LogP contribution in [0.3, 0.4) is 0 Å². The molecule has 4 aromatic rings. The first kappa shape index (κ1) is 24.2. The van der Waals surface area contributed by atoms with Crippen molar-refractivity contribution in [2.45, 2.75) is 19.0 Å². The maximum Gasteiger partial charge on any atom is 0.248 e. The number of amides is 2. The number of benzene rings is 3. The topological polar surface area (TPSA) is 58.6 Å². The second-order valence-corrected chi connectivity index (χ2v) is 8.91. The fraction of sp³-hybridized carbons (Fsp3) is 0.143. The molecule has 0 aliphatic rings. The number of rotatable bonds is 9. The predicted octanol–water partition coefficient (Wildman–Crippen LogP) is 5.53. The van der Waals surface area contributed by atoms with Gasteiger partial charge in [-0.25, -0.2) is 4.39 Å². The summed E-state index contributed by atoms with van der Waals surface area (Å²) in [5, 5.41) is 4.87. The van der Waals surface area contributed by atoms with Gasteiger partial charge in [-0.05, 0) is 59.0 Å². The Morgan fingerprint density at radius 3 is 2.29 bits per heavy atom. The van der Waals surface area contributed by atoms with E-state index in [1.165, 1.54) is 40.5 Å². The Morgan fingerprint density at radius 1 is 0.943 bits per heavy atom. The van der Waals surface area contributed by atoms with Crippen molar-refractivity contribution in [3.05, 3.63) is 118 Å². The van der Waals surface area contributed by atoms with Crippen LogP contribution in [-0.4, -0.2) is 18.9 Å². The zero-order valence-electron chi connectivity index (χ0n) is 19.2. The van der Waals surface area contributed by atoms with Crippen molar-refractivity contribution in [1.82, 2.24) is 5.32 Å². The van der Waals surface area contributed by atoms with Gasteiger partial charge < -0.3 is 10.1 Å². The predicted molar refractivity (Wildman–Crippen MR) is 136 cm³/mol. The van der Waals surface area contributed by atoms with Crippen molar-refractivity contribution in [3.8, 4) is 5.75 Å². The van der Waals surface area contributed by atoms with Gasteiger partial charge in [0.2, 0.25) is 11.8 Å². The van der Waals surface area contributed by atoms with Crippen LogP contribution < -0.4 is 15.0 Å². The first-order chi connectivity index (χ1) is 17.0. The quantitative estimate of drug-likeness (QED) is 0.337. The van der Waals surface area contributed by atoms with Crippen LogP contribution in [0.5, 0.6) is 5.75 Å². The summed E-state index contributed by atoms with van der Waals surface area (Å²) in [5.74, 6) is -0.285.